The maximum absolute atomic E-state index is 11.7. The molecule has 1 atom stereocenters. The van der Waals surface area contributed by atoms with Crippen LogP contribution in [0.1, 0.15) is 26.5 Å². The molecule has 0 saturated carbocycles. The highest BCUT2D eigenvalue weighted by atomic mass is 16.6. The van der Waals surface area contributed by atoms with Crippen LogP contribution in [0.25, 0.3) is 0 Å². The fourth-order valence-electron chi connectivity index (χ4n) is 1.86. The Labute approximate surface area is 100.0 Å². The molecule has 0 aromatic carbocycles. The molecule has 0 radical (unpaired) electrons. The van der Waals surface area contributed by atoms with E-state index in [4.69, 9.17) is 9.15 Å². The first kappa shape index (κ1) is 12.0. The highest BCUT2D eigenvalue weighted by molar-refractivity contribution is 5.72. The minimum atomic E-state index is -1.31. The largest absolute Gasteiger partial charge is 0.469 e. The van der Waals surface area contributed by atoms with Gasteiger partial charge in [0.1, 0.15) is 5.76 Å². The second-order valence-corrected chi connectivity index (χ2v) is 4.88. The Balaban J connectivity index is 2.08. The number of nitrogens with zero attached hydrogens (tertiary/aromatic N) is 1. The minimum absolute atomic E-state index is 0.364. The van der Waals surface area contributed by atoms with Crippen LogP contribution in [0.5, 0.6) is 0 Å². The molecule has 0 aliphatic carbocycles. The normalized spacial score (nSPS) is 27.3. The van der Waals surface area contributed by atoms with Gasteiger partial charge in [0.2, 0.25) is 0 Å². The minimum Gasteiger partial charge on any atom is -0.469 e. The third-order valence-electron chi connectivity index (χ3n) is 3.39. The van der Waals surface area contributed by atoms with Crippen LogP contribution in [0, 0.1) is 0 Å². The SMILES string of the molecule is CC1(C)OC(=O)N(CCc2ccco2)[C@@]1(C)O. The molecule has 1 aromatic rings. The number of furan rings is 1. The van der Waals surface area contributed by atoms with Gasteiger partial charge in [0.05, 0.1) is 6.26 Å². The summed E-state index contributed by atoms with van der Waals surface area (Å²) < 4.78 is 10.3. The smallest absolute Gasteiger partial charge is 0.412 e. The van der Waals surface area contributed by atoms with Crippen molar-refractivity contribution in [2.75, 3.05) is 6.54 Å². The molecule has 1 fully saturated rings. The van der Waals surface area contributed by atoms with Gasteiger partial charge in [-0.15, -0.1) is 0 Å². The molecule has 2 rings (SSSR count). The van der Waals surface area contributed by atoms with Crippen molar-refractivity contribution in [3.63, 3.8) is 0 Å². The van der Waals surface area contributed by atoms with Crippen LogP contribution in [0.4, 0.5) is 4.79 Å². The van der Waals surface area contributed by atoms with E-state index in [9.17, 15) is 9.90 Å². The zero-order valence-corrected chi connectivity index (χ0v) is 10.3. The lowest BCUT2D eigenvalue weighted by Crippen LogP contribution is -2.53. The van der Waals surface area contributed by atoms with Gasteiger partial charge >= 0.3 is 6.09 Å². The summed E-state index contributed by atoms with van der Waals surface area (Å²) in [7, 11) is 0. The van der Waals surface area contributed by atoms with Gasteiger partial charge in [-0.3, -0.25) is 4.90 Å². The van der Waals surface area contributed by atoms with Gasteiger partial charge in [-0.25, -0.2) is 4.79 Å². The van der Waals surface area contributed by atoms with Gasteiger partial charge in [0.25, 0.3) is 0 Å². The van der Waals surface area contributed by atoms with Gasteiger partial charge in [-0.1, -0.05) is 0 Å². The van der Waals surface area contributed by atoms with Crippen LogP contribution in [0.2, 0.25) is 0 Å². The lowest BCUT2D eigenvalue weighted by molar-refractivity contribution is -0.127. The lowest BCUT2D eigenvalue weighted by atomic mass is 9.96. The lowest BCUT2D eigenvalue weighted by Gasteiger charge is -2.34. The average Bonchev–Trinajstić information content (AvgIpc) is 2.73. The summed E-state index contributed by atoms with van der Waals surface area (Å²) in [5.41, 5.74) is -2.22. The van der Waals surface area contributed by atoms with E-state index in [1.807, 2.05) is 6.07 Å². The van der Waals surface area contributed by atoms with E-state index < -0.39 is 17.4 Å². The quantitative estimate of drug-likeness (QED) is 0.873. The topological polar surface area (TPSA) is 62.9 Å². The average molecular weight is 239 g/mol. The molecule has 2 heterocycles. The van der Waals surface area contributed by atoms with Crippen LogP contribution in [-0.4, -0.2) is 34.0 Å². The van der Waals surface area contributed by atoms with E-state index in [0.717, 1.165) is 5.76 Å². The molecule has 94 valence electrons. The molecule has 5 heteroatoms. The molecule has 0 spiro atoms. The second kappa shape index (κ2) is 3.77. The first-order valence-electron chi connectivity index (χ1n) is 5.60. The van der Waals surface area contributed by atoms with Crippen molar-refractivity contribution in [1.29, 1.82) is 0 Å². The molecule has 17 heavy (non-hydrogen) atoms. The van der Waals surface area contributed by atoms with Crippen LogP contribution >= 0.6 is 0 Å². The highest BCUT2D eigenvalue weighted by Crippen LogP contribution is 2.36. The number of aliphatic hydroxyl groups is 1. The van der Waals surface area contributed by atoms with E-state index in [1.54, 1.807) is 33.1 Å². The second-order valence-electron chi connectivity index (χ2n) is 4.88. The predicted molar refractivity (Wildman–Crippen MR) is 60.3 cm³/mol. The Bertz CT molecular complexity index is 408. The summed E-state index contributed by atoms with van der Waals surface area (Å²) in [6, 6.07) is 3.63. The molecule has 1 aliphatic heterocycles. The molecule has 5 nitrogen and oxygen atoms in total. The molecule has 1 saturated heterocycles. The third-order valence-corrected chi connectivity index (χ3v) is 3.39. The summed E-state index contributed by atoms with van der Waals surface area (Å²) in [4.78, 5) is 13.0. The summed E-state index contributed by atoms with van der Waals surface area (Å²) >= 11 is 0. The molecular weight excluding hydrogens is 222 g/mol. The molecule has 1 aliphatic rings. The zero-order valence-electron chi connectivity index (χ0n) is 10.3. The van der Waals surface area contributed by atoms with E-state index >= 15 is 0 Å². The zero-order chi connectivity index (χ0) is 12.7. The number of rotatable bonds is 3. The molecule has 0 unspecified atom stereocenters. The molecule has 1 aromatic heterocycles. The van der Waals surface area contributed by atoms with Gasteiger partial charge in [-0.05, 0) is 32.9 Å². The third kappa shape index (κ3) is 1.91. The molecule has 1 N–H and O–H groups in total. The summed E-state index contributed by atoms with van der Waals surface area (Å²) in [6.07, 6.45) is 1.64. The first-order chi connectivity index (χ1) is 7.84. The number of cyclic esters (lactones) is 1. The monoisotopic (exact) mass is 239 g/mol. The van der Waals surface area contributed by atoms with E-state index in [2.05, 4.69) is 0 Å². The maximum atomic E-state index is 11.7. The van der Waals surface area contributed by atoms with Crippen molar-refractivity contribution in [3.8, 4) is 0 Å². The first-order valence-corrected chi connectivity index (χ1v) is 5.60. The van der Waals surface area contributed by atoms with Gasteiger partial charge in [-0.2, -0.15) is 0 Å². The van der Waals surface area contributed by atoms with E-state index in [1.165, 1.54) is 4.90 Å². The van der Waals surface area contributed by atoms with Crippen LogP contribution in [0.3, 0.4) is 0 Å². The number of hydrogen-bond acceptors (Lipinski definition) is 4. The number of hydrogen-bond donors (Lipinski definition) is 1. The summed E-state index contributed by atoms with van der Waals surface area (Å²) in [5, 5.41) is 10.3. The van der Waals surface area contributed by atoms with Crippen LogP contribution < -0.4 is 0 Å². The maximum Gasteiger partial charge on any atom is 0.412 e. The van der Waals surface area contributed by atoms with Crippen molar-refractivity contribution in [3.05, 3.63) is 24.2 Å². The number of ether oxygens (including phenoxy) is 1. The fourth-order valence-corrected chi connectivity index (χ4v) is 1.86. The number of amides is 1. The number of carbonyl (C=O) groups is 1. The molecule has 0 bridgehead atoms. The van der Waals surface area contributed by atoms with E-state index in [0.29, 0.717) is 13.0 Å². The Morgan fingerprint density at radius 2 is 2.12 bits per heavy atom. The summed E-state index contributed by atoms with van der Waals surface area (Å²) in [5.74, 6) is 0.776. The van der Waals surface area contributed by atoms with Gasteiger partial charge < -0.3 is 14.3 Å². The molecular formula is C12H17NO4. The Kier molecular flexibility index (Phi) is 2.66. The Morgan fingerprint density at radius 3 is 2.59 bits per heavy atom. The van der Waals surface area contributed by atoms with Gasteiger partial charge in [0.15, 0.2) is 11.3 Å². The van der Waals surface area contributed by atoms with Gasteiger partial charge in [0, 0.05) is 13.0 Å². The fraction of sp³-hybridized carbons (Fsp3) is 0.583. The molecule has 1 amide bonds. The van der Waals surface area contributed by atoms with Crippen molar-refractivity contribution < 1.29 is 19.1 Å². The predicted octanol–water partition coefficient (Wildman–Crippen LogP) is 1.76. The number of carbonyl (C=O) groups excluding carboxylic acids is 1. The standard InChI is InChI=1S/C12H17NO4/c1-11(2)12(3,15)13(10(14)17-11)7-6-9-5-4-8-16-9/h4-5,8,15H,6-7H2,1-3H3/t12-/m0/s1. The van der Waals surface area contributed by atoms with Crippen LogP contribution in [-0.2, 0) is 11.2 Å². The Hall–Kier alpha value is -1.49. The highest BCUT2D eigenvalue weighted by Gasteiger charge is 2.56. The van der Waals surface area contributed by atoms with Crippen molar-refractivity contribution >= 4 is 6.09 Å². The Morgan fingerprint density at radius 1 is 1.41 bits per heavy atom. The summed E-state index contributed by atoms with van der Waals surface area (Å²) in [6.45, 7) is 5.33. The van der Waals surface area contributed by atoms with Crippen molar-refractivity contribution in [2.45, 2.75) is 38.5 Å². The van der Waals surface area contributed by atoms with Crippen molar-refractivity contribution in [1.82, 2.24) is 4.90 Å². The van der Waals surface area contributed by atoms with Crippen molar-refractivity contribution in [2.24, 2.45) is 0 Å². The van der Waals surface area contributed by atoms with Crippen LogP contribution in [0.15, 0.2) is 22.8 Å². The van der Waals surface area contributed by atoms with E-state index in [-0.39, 0.29) is 0 Å².